The van der Waals surface area contributed by atoms with E-state index in [1.165, 1.54) is 18.2 Å². The third-order valence-electron chi connectivity index (χ3n) is 4.48. The van der Waals surface area contributed by atoms with Gasteiger partial charge in [0.05, 0.1) is 23.0 Å². The lowest BCUT2D eigenvalue weighted by Crippen LogP contribution is -2.09. The molecule has 0 radical (unpaired) electrons. The first-order chi connectivity index (χ1) is 15.7. The Morgan fingerprint density at radius 3 is 2.24 bits per heavy atom. The molecule has 3 aromatic rings. The molecule has 0 saturated carbocycles. The molecule has 0 aliphatic heterocycles. The van der Waals surface area contributed by atoms with Crippen LogP contribution in [0.5, 0.6) is 17.2 Å². The van der Waals surface area contributed by atoms with Crippen molar-refractivity contribution in [3.05, 3.63) is 77.9 Å². The highest BCUT2D eigenvalue weighted by atomic mass is 32.2. The fourth-order valence-electron chi connectivity index (χ4n) is 3.01. The van der Waals surface area contributed by atoms with E-state index >= 15 is 0 Å². The van der Waals surface area contributed by atoms with Crippen LogP contribution >= 0.6 is 0 Å². The Balaban J connectivity index is 1.84. The Kier molecular flexibility index (Phi) is 8.12. The minimum absolute atomic E-state index is 0.0510. The smallest absolute Gasteiger partial charge is 0.416 e. The van der Waals surface area contributed by atoms with Crippen molar-refractivity contribution in [2.45, 2.75) is 42.0 Å². The fourth-order valence-corrected chi connectivity index (χ4v) is 4.19. The summed E-state index contributed by atoms with van der Waals surface area (Å²) >= 11 is 0. The molecule has 1 unspecified atom stereocenters. The Bertz CT molecular complexity index is 1100. The highest BCUT2D eigenvalue weighted by Gasteiger charge is 2.30. The minimum Gasteiger partial charge on any atom is -0.494 e. The number of aliphatic hydroxyl groups excluding tert-OH is 1. The zero-order valence-electron chi connectivity index (χ0n) is 17.7. The highest BCUT2D eigenvalue weighted by Crippen LogP contribution is 2.32. The van der Waals surface area contributed by atoms with Crippen molar-refractivity contribution in [3.63, 3.8) is 0 Å². The maximum atomic E-state index is 13.2. The molecule has 0 aliphatic carbocycles. The minimum atomic E-state index is -4.43. The molecule has 0 bridgehead atoms. The van der Waals surface area contributed by atoms with E-state index < -0.39 is 28.8 Å². The molecule has 176 valence electrons. The maximum Gasteiger partial charge on any atom is 0.416 e. The Labute approximate surface area is 191 Å². The van der Waals surface area contributed by atoms with E-state index in [-0.39, 0.29) is 12.2 Å². The van der Waals surface area contributed by atoms with Gasteiger partial charge in [-0.3, -0.25) is 0 Å². The molecule has 3 rings (SSSR count). The lowest BCUT2D eigenvalue weighted by molar-refractivity contribution is -0.137. The van der Waals surface area contributed by atoms with Gasteiger partial charge < -0.3 is 19.7 Å². The first-order valence-electron chi connectivity index (χ1n) is 10.2. The molecule has 1 atom stereocenters. The summed E-state index contributed by atoms with van der Waals surface area (Å²) in [6, 6.07) is 15.6. The Morgan fingerprint density at radius 1 is 0.909 bits per heavy atom. The van der Waals surface area contributed by atoms with Gasteiger partial charge in [-0.2, -0.15) is 13.2 Å². The number of alkyl halides is 3. The molecule has 0 fully saturated rings. The van der Waals surface area contributed by atoms with Gasteiger partial charge in [0.15, 0.2) is 6.29 Å². The number of ether oxygens (including phenoxy) is 2. The molecule has 0 aromatic heterocycles. The van der Waals surface area contributed by atoms with Crippen LogP contribution in [0.15, 0.2) is 76.5 Å². The normalized spacial score (nSPS) is 12.6. The second kappa shape index (κ2) is 10.8. The highest BCUT2D eigenvalue weighted by molar-refractivity contribution is 7.85. The van der Waals surface area contributed by atoms with Crippen LogP contribution in [-0.2, 0) is 23.4 Å². The van der Waals surface area contributed by atoms with Gasteiger partial charge in [-0.15, -0.1) is 0 Å². The van der Waals surface area contributed by atoms with Crippen molar-refractivity contribution in [1.82, 2.24) is 0 Å². The second-order valence-corrected chi connectivity index (χ2v) is 8.69. The first-order valence-corrected chi connectivity index (χ1v) is 11.3. The van der Waals surface area contributed by atoms with Crippen molar-refractivity contribution in [2.24, 2.45) is 0 Å². The van der Waals surface area contributed by atoms with Gasteiger partial charge in [-0.1, -0.05) is 13.0 Å². The number of hydrogen-bond acceptors (Lipinski definition) is 5. The molecule has 3 aromatic carbocycles. The van der Waals surface area contributed by atoms with Crippen LogP contribution in [0, 0.1) is 0 Å². The molecule has 5 nitrogen and oxygen atoms in total. The van der Waals surface area contributed by atoms with E-state index in [2.05, 4.69) is 0 Å². The quantitative estimate of drug-likeness (QED) is 0.406. The Morgan fingerprint density at radius 2 is 1.61 bits per heavy atom. The van der Waals surface area contributed by atoms with Crippen molar-refractivity contribution in [2.75, 3.05) is 6.61 Å². The monoisotopic (exact) mass is 480 g/mol. The SMILES string of the molecule is CCCOc1cc(CC(O)O)cc(S(=O)c2cccc(Oc3ccc(C(F)(F)F)cc3)c2)c1. The van der Waals surface area contributed by atoms with Gasteiger partial charge in [-0.05, 0) is 72.6 Å². The zero-order chi connectivity index (χ0) is 24.0. The third-order valence-corrected chi connectivity index (χ3v) is 5.83. The van der Waals surface area contributed by atoms with Crippen molar-refractivity contribution in [3.8, 4) is 17.2 Å². The predicted octanol–water partition coefficient (Wildman–Crippen LogP) is 5.31. The first kappa shape index (κ1) is 24.8. The van der Waals surface area contributed by atoms with Gasteiger partial charge in [-0.25, -0.2) is 4.21 Å². The molecular weight excluding hydrogens is 457 g/mol. The summed E-state index contributed by atoms with van der Waals surface area (Å²) in [7, 11) is -1.64. The molecule has 0 saturated heterocycles. The van der Waals surface area contributed by atoms with E-state index in [1.54, 1.807) is 36.4 Å². The summed E-state index contributed by atoms with van der Waals surface area (Å²) in [5.41, 5.74) is -0.224. The molecule has 0 heterocycles. The molecule has 0 aliphatic rings. The lowest BCUT2D eigenvalue weighted by atomic mass is 10.1. The van der Waals surface area contributed by atoms with Crippen LogP contribution in [0.4, 0.5) is 13.2 Å². The molecule has 33 heavy (non-hydrogen) atoms. The van der Waals surface area contributed by atoms with E-state index in [1.807, 2.05) is 6.92 Å². The molecule has 0 amide bonds. The van der Waals surface area contributed by atoms with Crippen LogP contribution in [-0.4, -0.2) is 27.3 Å². The van der Waals surface area contributed by atoms with Gasteiger partial charge in [0.25, 0.3) is 0 Å². The average molecular weight is 481 g/mol. The van der Waals surface area contributed by atoms with E-state index in [9.17, 15) is 27.6 Å². The van der Waals surface area contributed by atoms with Crippen LogP contribution < -0.4 is 9.47 Å². The van der Waals surface area contributed by atoms with Gasteiger partial charge in [0, 0.05) is 16.2 Å². The number of hydrogen-bond donors (Lipinski definition) is 2. The van der Waals surface area contributed by atoms with Crippen molar-refractivity contribution in [1.29, 1.82) is 0 Å². The van der Waals surface area contributed by atoms with Gasteiger partial charge in [0.2, 0.25) is 0 Å². The average Bonchev–Trinajstić information content (AvgIpc) is 2.76. The van der Waals surface area contributed by atoms with Gasteiger partial charge in [0.1, 0.15) is 17.2 Å². The number of rotatable bonds is 9. The topological polar surface area (TPSA) is 76.0 Å². The number of aliphatic hydroxyl groups is 2. The predicted molar refractivity (Wildman–Crippen MR) is 117 cm³/mol. The van der Waals surface area contributed by atoms with Crippen molar-refractivity contribution < 1.29 is 37.1 Å². The molecule has 2 N–H and O–H groups in total. The lowest BCUT2D eigenvalue weighted by Gasteiger charge is -2.13. The molecule has 9 heteroatoms. The molecule has 0 spiro atoms. The standard InChI is InChI=1S/C24H23F3O5S/c1-2-10-31-20-11-16(13-23(28)29)12-22(15-20)33(30)21-5-3-4-19(14-21)32-18-8-6-17(7-9-18)24(25,26)27/h3-9,11-12,14-15,23,28-29H,2,10,13H2,1H3. The summed E-state index contributed by atoms with van der Waals surface area (Å²) in [6.07, 6.45) is -5.28. The third kappa shape index (κ3) is 7.05. The second-order valence-electron chi connectivity index (χ2n) is 7.21. The molecular formula is C24H23F3O5S. The van der Waals surface area contributed by atoms with E-state index in [0.717, 1.165) is 18.6 Å². The summed E-state index contributed by atoms with van der Waals surface area (Å²) < 4.78 is 62.7. The van der Waals surface area contributed by atoms with Gasteiger partial charge >= 0.3 is 6.18 Å². The maximum absolute atomic E-state index is 13.2. The van der Waals surface area contributed by atoms with Crippen LogP contribution in [0.3, 0.4) is 0 Å². The van der Waals surface area contributed by atoms with Crippen molar-refractivity contribution >= 4 is 10.8 Å². The summed E-state index contributed by atoms with van der Waals surface area (Å²) in [5.74, 6) is 0.987. The van der Waals surface area contributed by atoms with Crippen LogP contribution in [0.1, 0.15) is 24.5 Å². The summed E-state index contributed by atoms with van der Waals surface area (Å²) in [6.45, 7) is 2.40. The summed E-state index contributed by atoms with van der Waals surface area (Å²) in [4.78, 5) is 0.813. The largest absolute Gasteiger partial charge is 0.494 e. The van der Waals surface area contributed by atoms with Crippen LogP contribution in [0.25, 0.3) is 0 Å². The van der Waals surface area contributed by atoms with E-state index in [4.69, 9.17) is 9.47 Å². The summed E-state index contributed by atoms with van der Waals surface area (Å²) in [5, 5.41) is 18.6. The number of halogens is 3. The number of benzene rings is 3. The van der Waals surface area contributed by atoms with E-state index in [0.29, 0.717) is 33.5 Å². The fraction of sp³-hybridized carbons (Fsp3) is 0.250. The Hall–Kier alpha value is -2.88. The zero-order valence-corrected chi connectivity index (χ0v) is 18.5. The van der Waals surface area contributed by atoms with Crippen LogP contribution in [0.2, 0.25) is 0 Å².